The SMILES string of the molecule is COCC(C)Cn1c(CCl)nc2cc(OC)c(OC)cc21. The fourth-order valence-electron chi connectivity index (χ4n) is 2.46. The van der Waals surface area contributed by atoms with Crippen molar-refractivity contribution in [1.29, 1.82) is 0 Å². The number of methoxy groups -OCH3 is 3. The van der Waals surface area contributed by atoms with Crippen molar-refractivity contribution in [3.63, 3.8) is 0 Å². The van der Waals surface area contributed by atoms with Crippen molar-refractivity contribution in [2.45, 2.75) is 19.3 Å². The predicted molar refractivity (Wildman–Crippen MR) is 83.4 cm³/mol. The number of rotatable bonds is 7. The molecule has 0 amide bonds. The summed E-state index contributed by atoms with van der Waals surface area (Å²) in [4.78, 5) is 4.58. The number of imidazole rings is 1. The third-order valence-electron chi connectivity index (χ3n) is 3.40. The summed E-state index contributed by atoms with van der Waals surface area (Å²) in [7, 11) is 4.95. The Balaban J connectivity index is 2.51. The largest absolute Gasteiger partial charge is 0.493 e. The predicted octanol–water partition coefficient (Wildman–Crippen LogP) is 3.07. The summed E-state index contributed by atoms with van der Waals surface area (Å²) in [5.41, 5.74) is 1.85. The van der Waals surface area contributed by atoms with Crippen LogP contribution in [0.4, 0.5) is 0 Å². The average Bonchev–Trinajstić information content (AvgIpc) is 2.82. The number of ether oxygens (including phenoxy) is 3. The number of aromatic nitrogens is 2. The van der Waals surface area contributed by atoms with Crippen LogP contribution in [0.5, 0.6) is 11.5 Å². The van der Waals surface area contributed by atoms with E-state index in [9.17, 15) is 0 Å². The van der Waals surface area contributed by atoms with Crippen molar-refractivity contribution < 1.29 is 14.2 Å². The van der Waals surface area contributed by atoms with Gasteiger partial charge in [-0.25, -0.2) is 4.98 Å². The zero-order valence-corrected chi connectivity index (χ0v) is 13.6. The van der Waals surface area contributed by atoms with Gasteiger partial charge in [-0.05, 0) is 5.92 Å². The quantitative estimate of drug-likeness (QED) is 0.737. The van der Waals surface area contributed by atoms with E-state index in [1.807, 2.05) is 12.1 Å². The standard InChI is InChI=1S/C15H21ClN2O3/c1-10(9-19-2)8-18-12-6-14(21-4)13(20-3)5-11(12)17-15(18)7-16/h5-6,10H,7-9H2,1-4H3. The van der Waals surface area contributed by atoms with Gasteiger partial charge in [0, 0.05) is 25.8 Å². The average molecular weight is 313 g/mol. The van der Waals surface area contributed by atoms with Crippen LogP contribution in [0, 0.1) is 5.92 Å². The van der Waals surface area contributed by atoms with Crippen molar-refractivity contribution in [1.82, 2.24) is 9.55 Å². The van der Waals surface area contributed by atoms with Crippen LogP contribution in [0.3, 0.4) is 0 Å². The summed E-state index contributed by atoms with van der Waals surface area (Å²) in [6.07, 6.45) is 0. The summed E-state index contributed by atoms with van der Waals surface area (Å²) in [6.45, 7) is 3.62. The molecule has 1 aromatic heterocycles. The maximum absolute atomic E-state index is 6.03. The van der Waals surface area contributed by atoms with Crippen LogP contribution >= 0.6 is 11.6 Å². The van der Waals surface area contributed by atoms with Gasteiger partial charge < -0.3 is 18.8 Å². The third kappa shape index (κ3) is 3.24. The number of nitrogens with zero attached hydrogens (tertiary/aromatic N) is 2. The first-order chi connectivity index (χ1) is 10.1. The highest BCUT2D eigenvalue weighted by atomic mass is 35.5. The normalized spacial score (nSPS) is 12.6. The molecule has 2 aromatic rings. The third-order valence-corrected chi connectivity index (χ3v) is 3.64. The molecule has 0 radical (unpaired) electrons. The van der Waals surface area contributed by atoms with Gasteiger partial charge in [-0.2, -0.15) is 0 Å². The maximum Gasteiger partial charge on any atom is 0.163 e. The molecule has 0 saturated carbocycles. The van der Waals surface area contributed by atoms with Gasteiger partial charge in [0.05, 0.1) is 37.7 Å². The molecule has 5 nitrogen and oxygen atoms in total. The van der Waals surface area contributed by atoms with E-state index in [4.69, 9.17) is 25.8 Å². The Morgan fingerprint density at radius 2 is 1.86 bits per heavy atom. The minimum Gasteiger partial charge on any atom is -0.493 e. The first kappa shape index (κ1) is 15.9. The van der Waals surface area contributed by atoms with Crippen LogP contribution in [-0.2, 0) is 17.2 Å². The van der Waals surface area contributed by atoms with Gasteiger partial charge in [0.1, 0.15) is 5.82 Å². The van der Waals surface area contributed by atoms with E-state index in [0.29, 0.717) is 29.9 Å². The van der Waals surface area contributed by atoms with E-state index >= 15 is 0 Å². The van der Waals surface area contributed by atoms with Crippen LogP contribution in [0.15, 0.2) is 12.1 Å². The molecule has 0 bridgehead atoms. The molecule has 0 aliphatic carbocycles. The number of alkyl halides is 1. The second-order valence-electron chi connectivity index (χ2n) is 5.03. The molecule has 2 rings (SSSR count). The van der Waals surface area contributed by atoms with E-state index in [-0.39, 0.29) is 0 Å². The molecule has 21 heavy (non-hydrogen) atoms. The minimum absolute atomic E-state index is 0.360. The highest BCUT2D eigenvalue weighted by molar-refractivity contribution is 6.16. The van der Waals surface area contributed by atoms with Crippen LogP contribution in [0.25, 0.3) is 11.0 Å². The molecule has 1 aromatic carbocycles. The molecule has 0 saturated heterocycles. The Morgan fingerprint density at radius 3 is 2.43 bits per heavy atom. The second-order valence-corrected chi connectivity index (χ2v) is 5.30. The fourth-order valence-corrected chi connectivity index (χ4v) is 2.66. The van der Waals surface area contributed by atoms with Gasteiger partial charge >= 0.3 is 0 Å². The van der Waals surface area contributed by atoms with Crippen LogP contribution in [-0.4, -0.2) is 37.5 Å². The lowest BCUT2D eigenvalue weighted by molar-refractivity contribution is 0.151. The molecule has 0 aliphatic rings. The maximum atomic E-state index is 6.03. The van der Waals surface area contributed by atoms with Gasteiger partial charge in [0.15, 0.2) is 11.5 Å². The van der Waals surface area contributed by atoms with Gasteiger partial charge in [-0.1, -0.05) is 6.92 Å². The Hall–Kier alpha value is -1.46. The monoisotopic (exact) mass is 312 g/mol. The first-order valence-electron chi connectivity index (χ1n) is 6.80. The lowest BCUT2D eigenvalue weighted by Gasteiger charge is -2.14. The Labute approximate surface area is 129 Å². The molecule has 1 heterocycles. The van der Waals surface area contributed by atoms with Gasteiger partial charge in [-0.15, -0.1) is 11.6 Å². The zero-order chi connectivity index (χ0) is 15.4. The topological polar surface area (TPSA) is 45.5 Å². The number of hydrogen-bond donors (Lipinski definition) is 0. The molecule has 116 valence electrons. The van der Waals surface area contributed by atoms with Crippen molar-refractivity contribution in [3.05, 3.63) is 18.0 Å². The molecular formula is C15H21ClN2O3. The lowest BCUT2D eigenvalue weighted by Crippen LogP contribution is -2.14. The van der Waals surface area contributed by atoms with Gasteiger partial charge in [0.2, 0.25) is 0 Å². The van der Waals surface area contributed by atoms with E-state index in [2.05, 4.69) is 16.5 Å². The van der Waals surface area contributed by atoms with E-state index < -0.39 is 0 Å². The van der Waals surface area contributed by atoms with E-state index in [0.717, 1.165) is 23.4 Å². The highest BCUT2D eigenvalue weighted by Gasteiger charge is 2.16. The molecule has 0 spiro atoms. The minimum atomic E-state index is 0.360. The van der Waals surface area contributed by atoms with Gasteiger partial charge in [0.25, 0.3) is 0 Å². The van der Waals surface area contributed by atoms with Crippen molar-refractivity contribution in [2.24, 2.45) is 5.92 Å². The highest BCUT2D eigenvalue weighted by Crippen LogP contribution is 2.33. The number of benzene rings is 1. The number of halogens is 1. The van der Waals surface area contributed by atoms with Gasteiger partial charge in [-0.3, -0.25) is 0 Å². The lowest BCUT2D eigenvalue weighted by atomic mass is 10.2. The zero-order valence-electron chi connectivity index (χ0n) is 12.9. The first-order valence-corrected chi connectivity index (χ1v) is 7.34. The molecule has 1 unspecified atom stereocenters. The van der Waals surface area contributed by atoms with Crippen molar-refractivity contribution in [2.75, 3.05) is 27.9 Å². The summed E-state index contributed by atoms with van der Waals surface area (Å²) >= 11 is 6.03. The van der Waals surface area contributed by atoms with E-state index in [1.165, 1.54) is 0 Å². The van der Waals surface area contributed by atoms with E-state index in [1.54, 1.807) is 21.3 Å². The molecule has 0 N–H and O–H groups in total. The summed E-state index contributed by atoms with van der Waals surface area (Å²) in [5, 5.41) is 0. The van der Waals surface area contributed by atoms with Crippen LogP contribution in [0.2, 0.25) is 0 Å². The summed E-state index contributed by atoms with van der Waals surface area (Å²) in [6, 6.07) is 3.82. The second kappa shape index (κ2) is 7.00. The number of fused-ring (bicyclic) bond motifs is 1. The van der Waals surface area contributed by atoms with Crippen LogP contribution in [0.1, 0.15) is 12.7 Å². The smallest absolute Gasteiger partial charge is 0.163 e. The van der Waals surface area contributed by atoms with Crippen molar-refractivity contribution in [3.8, 4) is 11.5 Å². The molecule has 6 heteroatoms. The molecular weight excluding hydrogens is 292 g/mol. The Morgan fingerprint density at radius 1 is 1.19 bits per heavy atom. The number of hydrogen-bond acceptors (Lipinski definition) is 4. The Bertz CT molecular complexity index is 612. The van der Waals surface area contributed by atoms with Crippen LogP contribution < -0.4 is 9.47 Å². The Kier molecular flexibility index (Phi) is 5.31. The molecule has 0 fully saturated rings. The van der Waals surface area contributed by atoms with Crippen molar-refractivity contribution >= 4 is 22.6 Å². The fraction of sp³-hybridized carbons (Fsp3) is 0.533. The molecule has 1 atom stereocenters. The summed E-state index contributed by atoms with van der Waals surface area (Å²) < 4.78 is 18.0. The molecule has 0 aliphatic heterocycles. The summed E-state index contributed by atoms with van der Waals surface area (Å²) in [5.74, 6) is 2.92.